The number of H-pyrrole nitrogens is 1. The summed E-state index contributed by atoms with van der Waals surface area (Å²) in [5.74, 6) is -1.79. The topological polar surface area (TPSA) is 121 Å². The van der Waals surface area contributed by atoms with Crippen LogP contribution in [0.15, 0.2) is 42.5 Å². The molecule has 0 fully saturated rings. The molecule has 0 saturated carbocycles. The second-order valence-electron chi connectivity index (χ2n) is 6.05. The number of nitrogens with one attached hydrogen (secondary N) is 2. The van der Waals surface area contributed by atoms with E-state index in [1.54, 1.807) is 37.3 Å². The molecule has 0 spiro atoms. The van der Waals surface area contributed by atoms with Gasteiger partial charge >= 0.3 is 11.9 Å². The molecule has 0 unspecified atom stereocenters. The molecule has 144 valence electrons. The van der Waals surface area contributed by atoms with E-state index in [-0.39, 0.29) is 18.7 Å². The van der Waals surface area contributed by atoms with E-state index >= 15 is 0 Å². The first-order valence-corrected chi connectivity index (χ1v) is 8.75. The Balaban J connectivity index is 1.74. The number of anilines is 1. The Morgan fingerprint density at radius 3 is 2.54 bits per heavy atom. The summed E-state index contributed by atoms with van der Waals surface area (Å²) in [5.41, 5.74) is 3.85. The highest BCUT2D eigenvalue weighted by molar-refractivity contribution is 5.94. The zero-order valence-corrected chi connectivity index (χ0v) is 15.2. The fourth-order valence-corrected chi connectivity index (χ4v) is 2.66. The Morgan fingerprint density at radius 1 is 1.11 bits per heavy atom. The summed E-state index contributed by atoms with van der Waals surface area (Å²) in [4.78, 5) is 41.6. The third kappa shape index (κ3) is 4.53. The Bertz CT molecular complexity index is 1020. The Kier molecular flexibility index (Phi) is 5.69. The van der Waals surface area contributed by atoms with Gasteiger partial charge in [0.1, 0.15) is 5.69 Å². The van der Waals surface area contributed by atoms with Crippen LogP contribution < -0.4 is 5.32 Å². The molecule has 0 aliphatic carbocycles. The Hall–Kier alpha value is -3.68. The average Bonchev–Trinajstić information content (AvgIpc) is 3.11. The number of rotatable bonds is 7. The second-order valence-corrected chi connectivity index (χ2v) is 6.05. The maximum atomic E-state index is 11.8. The van der Waals surface area contributed by atoms with Gasteiger partial charge in [-0.25, -0.2) is 9.78 Å². The number of carboxylic acid groups (broad SMARTS) is 1. The maximum absolute atomic E-state index is 11.8. The minimum absolute atomic E-state index is 0.0778. The van der Waals surface area contributed by atoms with Crippen LogP contribution in [0.2, 0.25) is 0 Å². The molecule has 1 aromatic carbocycles. The summed E-state index contributed by atoms with van der Waals surface area (Å²) >= 11 is 0. The van der Waals surface area contributed by atoms with Gasteiger partial charge < -0.3 is 20.1 Å². The lowest BCUT2D eigenvalue weighted by Crippen LogP contribution is -2.13. The van der Waals surface area contributed by atoms with Gasteiger partial charge in [-0.2, -0.15) is 0 Å². The van der Waals surface area contributed by atoms with Crippen molar-refractivity contribution >= 4 is 34.6 Å². The number of carbonyl (C=O) groups excluding carboxylic acids is 2. The summed E-state index contributed by atoms with van der Waals surface area (Å²) < 4.78 is 4.98. The molecular formula is C20H19N3O5. The van der Waals surface area contributed by atoms with Gasteiger partial charge in [-0.05, 0) is 37.3 Å². The largest absolute Gasteiger partial charge is 0.481 e. The van der Waals surface area contributed by atoms with Gasteiger partial charge in [0.05, 0.1) is 29.8 Å². The van der Waals surface area contributed by atoms with E-state index in [0.29, 0.717) is 29.2 Å². The van der Waals surface area contributed by atoms with Crippen LogP contribution in [0.5, 0.6) is 0 Å². The number of nitrogens with zero attached hydrogens (tertiary/aromatic N) is 1. The van der Waals surface area contributed by atoms with E-state index in [1.807, 2.05) is 12.1 Å². The number of carbonyl (C=O) groups is 3. The number of hydrogen-bond acceptors (Lipinski definition) is 5. The summed E-state index contributed by atoms with van der Waals surface area (Å²) in [5, 5.41) is 11.3. The molecule has 0 radical (unpaired) electrons. The number of pyridine rings is 1. The number of carboxylic acids is 1. The predicted octanol–water partition coefficient (Wildman–Crippen LogP) is 3.21. The van der Waals surface area contributed by atoms with Crippen molar-refractivity contribution in [2.45, 2.75) is 19.8 Å². The maximum Gasteiger partial charge on any atom is 0.354 e. The van der Waals surface area contributed by atoms with Gasteiger partial charge in [-0.1, -0.05) is 12.1 Å². The summed E-state index contributed by atoms with van der Waals surface area (Å²) in [7, 11) is 0. The van der Waals surface area contributed by atoms with Crippen LogP contribution in [0.4, 0.5) is 5.69 Å². The monoisotopic (exact) mass is 381 g/mol. The number of esters is 1. The van der Waals surface area contributed by atoms with Crippen LogP contribution in [0.3, 0.4) is 0 Å². The number of fused-ring (bicyclic) bond motifs is 1. The Morgan fingerprint density at radius 2 is 1.86 bits per heavy atom. The number of aliphatic carboxylic acids is 1. The van der Waals surface area contributed by atoms with Crippen molar-refractivity contribution in [3.63, 3.8) is 0 Å². The highest BCUT2D eigenvalue weighted by Gasteiger charge is 2.12. The Labute approximate surface area is 160 Å². The molecule has 1 amide bonds. The third-order valence-corrected chi connectivity index (χ3v) is 4.00. The molecule has 8 heteroatoms. The number of amides is 1. The first kappa shape index (κ1) is 19.1. The summed E-state index contributed by atoms with van der Waals surface area (Å²) in [6.45, 7) is 2.04. The van der Waals surface area contributed by atoms with Gasteiger partial charge in [0.15, 0.2) is 0 Å². The zero-order valence-electron chi connectivity index (χ0n) is 15.2. The van der Waals surface area contributed by atoms with Crippen molar-refractivity contribution in [2.75, 3.05) is 11.9 Å². The summed E-state index contributed by atoms with van der Waals surface area (Å²) in [6.07, 6.45) is -0.288. The average molecular weight is 381 g/mol. The van der Waals surface area contributed by atoms with Crippen molar-refractivity contribution in [2.24, 2.45) is 0 Å². The number of hydrogen-bond donors (Lipinski definition) is 3. The number of aromatic nitrogens is 2. The molecule has 3 N–H and O–H groups in total. The quantitative estimate of drug-likeness (QED) is 0.540. The molecule has 0 bridgehead atoms. The van der Waals surface area contributed by atoms with Gasteiger partial charge in [0.25, 0.3) is 0 Å². The standard InChI is InChI=1S/C20H19N3O5/c1-2-28-20(27)17-11-16-15(23-17)8-7-14(22-16)12-3-5-13(6-4-12)21-18(24)9-10-19(25)26/h3-8,11,23H,2,9-10H2,1H3,(H,21,24)(H,25,26). The van der Waals surface area contributed by atoms with Crippen LogP contribution in [-0.2, 0) is 14.3 Å². The van der Waals surface area contributed by atoms with E-state index in [9.17, 15) is 14.4 Å². The van der Waals surface area contributed by atoms with Crippen molar-refractivity contribution in [1.29, 1.82) is 0 Å². The second kappa shape index (κ2) is 8.34. The molecule has 2 heterocycles. The number of benzene rings is 1. The lowest BCUT2D eigenvalue weighted by Gasteiger charge is -2.06. The minimum atomic E-state index is -1.01. The first-order chi connectivity index (χ1) is 13.5. The first-order valence-electron chi connectivity index (χ1n) is 8.75. The van der Waals surface area contributed by atoms with E-state index in [4.69, 9.17) is 9.84 Å². The molecule has 3 aromatic rings. The number of ether oxygens (including phenoxy) is 1. The molecule has 28 heavy (non-hydrogen) atoms. The molecule has 8 nitrogen and oxygen atoms in total. The van der Waals surface area contributed by atoms with Crippen molar-refractivity contribution in [1.82, 2.24) is 9.97 Å². The third-order valence-electron chi connectivity index (χ3n) is 4.00. The fraction of sp³-hybridized carbons (Fsp3) is 0.200. The van der Waals surface area contributed by atoms with Gasteiger partial charge in [0.2, 0.25) is 5.91 Å². The van der Waals surface area contributed by atoms with Crippen LogP contribution in [0.25, 0.3) is 22.3 Å². The van der Waals surface area contributed by atoms with E-state index in [1.165, 1.54) is 0 Å². The smallest absolute Gasteiger partial charge is 0.354 e. The zero-order chi connectivity index (χ0) is 20.1. The van der Waals surface area contributed by atoms with Crippen LogP contribution in [0.1, 0.15) is 30.3 Å². The normalized spacial score (nSPS) is 10.6. The highest BCUT2D eigenvalue weighted by atomic mass is 16.5. The lowest BCUT2D eigenvalue weighted by molar-refractivity contribution is -0.138. The minimum Gasteiger partial charge on any atom is -0.481 e. The molecule has 2 aromatic heterocycles. The molecule has 3 rings (SSSR count). The molecule has 0 saturated heterocycles. The van der Waals surface area contributed by atoms with E-state index in [0.717, 1.165) is 11.1 Å². The molecule has 0 aliphatic heterocycles. The SMILES string of the molecule is CCOC(=O)c1cc2nc(-c3ccc(NC(=O)CCC(=O)O)cc3)ccc2[nH]1. The van der Waals surface area contributed by atoms with Gasteiger partial charge in [-0.15, -0.1) is 0 Å². The molecule has 0 aliphatic rings. The molecular weight excluding hydrogens is 362 g/mol. The van der Waals surface area contributed by atoms with Crippen LogP contribution in [0, 0.1) is 0 Å². The predicted molar refractivity (Wildman–Crippen MR) is 103 cm³/mol. The van der Waals surface area contributed by atoms with Gasteiger partial charge in [0, 0.05) is 17.7 Å². The van der Waals surface area contributed by atoms with Gasteiger partial charge in [-0.3, -0.25) is 9.59 Å². The van der Waals surface area contributed by atoms with Crippen LogP contribution >= 0.6 is 0 Å². The summed E-state index contributed by atoms with van der Waals surface area (Å²) in [6, 6.07) is 12.4. The van der Waals surface area contributed by atoms with E-state index in [2.05, 4.69) is 15.3 Å². The van der Waals surface area contributed by atoms with Crippen molar-refractivity contribution in [3.8, 4) is 11.3 Å². The van der Waals surface area contributed by atoms with Crippen molar-refractivity contribution in [3.05, 3.63) is 48.2 Å². The van der Waals surface area contributed by atoms with Crippen molar-refractivity contribution < 1.29 is 24.2 Å². The van der Waals surface area contributed by atoms with E-state index < -0.39 is 11.9 Å². The fourth-order valence-electron chi connectivity index (χ4n) is 2.66. The number of aromatic amines is 1. The lowest BCUT2D eigenvalue weighted by atomic mass is 10.1. The molecule has 0 atom stereocenters. The highest BCUT2D eigenvalue weighted by Crippen LogP contribution is 2.23. The van der Waals surface area contributed by atoms with Crippen LogP contribution in [-0.4, -0.2) is 39.5 Å².